The number of nitrogens with zero attached hydrogens (tertiary/aromatic N) is 3. The molecular formula is C22H20Cl2N4O. The Morgan fingerprint density at radius 1 is 0.862 bits per heavy atom. The third kappa shape index (κ3) is 4.31. The summed E-state index contributed by atoms with van der Waals surface area (Å²) in [6.45, 7) is 2.46. The highest BCUT2D eigenvalue weighted by Gasteiger charge is 2.24. The van der Waals surface area contributed by atoms with E-state index in [0.717, 1.165) is 22.5 Å². The zero-order chi connectivity index (χ0) is 20.2. The Labute approximate surface area is 179 Å². The van der Waals surface area contributed by atoms with Crippen LogP contribution in [0.1, 0.15) is 0 Å². The lowest BCUT2D eigenvalue weighted by molar-refractivity contribution is 0.208. The summed E-state index contributed by atoms with van der Waals surface area (Å²) in [4.78, 5) is 20.8. The SMILES string of the molecule is O=C(Nc1ccccc1-c1ccccc1)N1CCN(c2c(Cl)cncc2Cl)CC1. The number of rotatable bonds is 3. The summed E-state index contributed by atoms with van der Waals surface area (Å²) in [5, 5.41) is 4.10. The second-order valence-electron chi connectivity index (χ2n) is 6.77. The van der Waals surface area contributed by atoms with Crippen molar-refractivity contribution in [3.8, 4) is 11.1 Å². The Balaban J connectivity index is 1.44. The zero-order valence-corrected chi connectivity index (χ0v) is 17.2. The number of carbonyl (C=O) groups excluding carboxylic acids is 1. The van der Waals surface area contributed by atoms with Crippen LogP contribution >= 0.6 is 23.2 Å². The van der Waals surface area contributed by atoms with Crippen LogP contribution < -0.4 is 10.2 Å². The summed E-state index contributed by atoms with van der Waals surface area (Å²) in [6, 6.07) is 17.7. The largest absolute Gasteiger partial charge is 0.365 e. The number of halogens is 2. The zero-order valence-electron chi connectivity index (χ0n) is 15.7. The number of nitrogens with one attached hydrogen (secondary N) is 1. The number of benzene rings is 2. The van der Waals surface area contributed by atoms with Crippen molar-refractivity contribution >= 4 is 40.6 Å². The van der Waals surface area contributed by atoms with E-state index in [-0.39, 0.29) is 6.03 Å². The van der Waals surface area contributed by atoms with Gasteiger partial charge in [-0.05, 0) is 11.6 Å². The summed E-state index contributed by atoms with van der Waals surface area (Å²) in [5.41, 5.74) is 3.63. The van der Waals surface area contributed by atoms with Gasteiger partial charge >= 0.3 is 6.03 Å². The molecular weight excluding hydrogens is 407 g/mol. The fraction of sp³-hybridized carbons (Fsp3) is 0.182. The number of anilines is 2. The molecule has 29 heavy (non-hydrogen) atoms. The molecule has 7 heteroatoms. The number of para-hydroxylation sites is 1. The number of hydrogen-bond donors (Lipinski definition) is 1. The van der Waals surface area contributed by atoms with Gasteiger partial charge in [0.05, 0.1) is 21.4 Å². The molecule has 0 aliphatic carbocycles. The quantitative estimate of drug-likeness (QED) is 0.608. The molecule has 2 aromatic carbocycles. The van der Waals surface area contributed by atoms with Gasteiger partial charge in [0.25, 0.3) is 0 Å². The smallest absolute Gasteiger partial charge is 0.321 e. The Kier molecular flexibility index (Phi) is 5.88. The summed E-state index contributed by atoms with van der Waals surface area (Å²) >= 11 is 12.5. The van der Waals surface area contributed by atoms with Crippen LogP contribution in [0.2, 0.25) is 10.0 Å². The van der Waals surface area contributed by atoms with Crippen molar-refractivity contribution in [2.75, 3.05) is 36.4 Å². The van der Waals surface area contributed by atoms with Crippen LogP contribution in [0, 0.1) is 0 Å². The number of piperazine rings is 1. The maximum Gasteiger partial charge on any atom is 0.321 e. The minimum absolute atomic E-state index is 0.111. The topological polar surface area (TPSA) is 48.5 Å². The van der Waals surface area contributed by atoms with Crippen molar-refractivity contribution in [2.45, 2.75) is 0 Å². The van der Waals surface area contributed by atoms with E-state index < -0.39 is 0 Å². The van der Waals surface area contributed by atoms with Crippen LogP contribution in [0.4, 0.5) is 16.2 Å². The Bertz CT molecular complexity index is 984. The molecule has 3 aromatic rings. The molecule has 4 rings (SSSR count). The van der Waals surface area contributed by atoms with E-state index in [1.54, 1.807) is 17.3 Å². The van der Waals surface area contributed by atoms with E-state index in [4.69, 9.17) is 23.2 Å². The predicted molar refractivity (Wildman–Crippen MR) is 119 cm³/mol. The number of pyridine rings is 1. The number of carbonyl (C=O) groups is 1. The minimum atomic E-state index is -0.111. The summed E-state index contributed by atoms with van der Waals surface area (Å²) < 4.78 is 0. The van der Waals surface area contributed by atoms with Crippen molar-refractivity contribution in [2.24, 2.45) is 0 Å². The Morgan fingerprint density at radius 2 is 1.48 bits per heavy atom. The highest BCUT2D eigenvalue weighted by molar-refractivity contribution is 6.38. The van der Waals surface area contributed by atoms with Crippen molar-refractivity contribution in [1.82, 2.24) is 9.88 Å². The molecule has 0 spiro atoms. The monoisotopic (exact) mass is 426 g/mol. The molecule has 1 fully saturated rings. The fourth-order valence-corrected chi connectivity index (χ4v) is 4.10. The fourth-order valence-electron chi connectivity index (χ4n) is 3.50. The van der Waals surface area contributed by atoms with E-state index in [2.05, 4.69) is 15.2 Å². The first-order valence-corrected chi connectivity index (χ1v) is 10.1. The molecule has 0 unspecified atom stereocenters. The molecule has 1 N–H and O–H groups in total. The summed E-state index contributed by atoms with van der Waals surface area (Å²) in [6.07, 6.45) is 3.17. The molecule has 5 nitrogen and oxygen atoms in total. The van der Waals surface area contributed by atoms with Gasteiger partial charge in [0.1, 0.15) is 0 Å². The summed E-state index contributed by atoms with van der Waals surface area (Å²) in [7, 11) is 0. The minimum Gasteiger partial charge on any atom is -0.365 e. The van der Waals surface area contributed by atoms with Crippen LogP contribution in [0.5, 0.6) is 0 Å². The second-order valence-corrected chi connectivity index (χ2v) is 7.58. The molecule has 0 bridgehead atoms. The van der Waals surface area contributed by atoms with Crippen molar-refractivity contribution in [3.63, 3.8) is 0 Å². The summed E-state index contributed by atoms with van der Waals surface area (Å²) in [5.74, 6) is 0. The first kappa shape index (κ1) is 19.6. The van der Waals surface area contributed by atoms with E-state index in [1.165, 1.54) is 0 Å². The van der Waals surface area contributed by atoms with Gasteiger partial charge in [0.2, 0.25) is 0 Å². The maximum absolute atomic E-state index is 12.9. The molecule has 0 saturated carbocycles. The van der Waals surface area contributed by atoms with Crippen LogP contribution in [0.25, 0.3) is 11.1 Å². The average Bonchev–Trinajstić information content (AvgIpc) is 2.75. The van der Waals surface area contributed by atoms with Gasteiger partial charge in [0, 0.05) is 44.1 Å². The predicted octanol–water partition coefficient (Wildman–Crippen LogP) is 5.41. The maximum atomic E-state index is 12.9. The van der Waals surface area contributed by atoms with E-state index >= 15 is 0 Å². The standard InChI is InChI=1S/C22H20Cl2N4O/c23-18-14-25-15-19(24)21(18)27-10-12-28(13-11-27)22(29)26-20-9-5-4-8-17(20)16-6-2-1-3-7-16/h1-9,14-15H,10-13H2,(H,26,29). The lowest BCUT2D eigenvalue weighted by atomic mass is 10.0. The molecule has 0 radical (unpaired) electrons. The normalized spacial score (nSPS) is 14.0. The molecule has 2 heterocycles. The number of aromatic nitrogens is 1. The Hall–Kier alpha value is -2.76. The second kappa shape index (κ2) is 8.72. The highest BCUT2D eigenvalue weighted by atomic mass is 35.5. The first-order chi connectivity index (χ1) is 14.1. The van der Waals surface area contributed by atoms with Gasteiger partial charge in [-0.15, -0.1) is 0 Å². The number of hydrogen-bond acceptors (Lipinski definition) is 3. The molecule has 1 aliphatic heterocycles. The lowest BCUT2D eigenvalue weighted by Gasteiger charge is -2.36. The van der Waals surface area contributed by atoms with Crippen LogP contribution in [0.3, 0.4) is 0 Å². The van der Waals surface area contributed by atoms with Crippen molar-refractivity contribution in [3.05, 3.63) is 77.0 Å². The van der Waals surface area contributed by atoms with E-state index in [1.807, 2.05) is 54.6 Å². The van der Waals surface area contributed by atoms with Crippen molar-refractivity contribution < 1.29 is 4.79 Å². The van der Waals surface area contributed by atoms with Gasteiger partial charge < -0.3 is 15.1 Å². The highest BCUT2D eigenvalue weighted by Crippen LogP contribution is 2.33. The molecule has 1 saturated heterocycles. The first-order valence-electron chi connectivity index (χ1n) is 9.38. The van der Waals surface area contributed by atoms with Gasteiger partial charge in [-0.3, -0.25) is 4.98 Å². The van der Waals surface area contributed by atoms with Crippen LogP contribution in [-0.4, -0.2) is 42.1 Å². The van der Waals surface area contributed by atoms with Gasteiger partial charge in [-0.2, -0.15) is 0 Å². The third-order valence-electron chi connectivity index (χ3n) is 4.96. The molecule has 1 aliphatic rings. The number of urea groups is 1. The molecule has 0 atom stereocenters. The van der Waals surface area contributed by atoms with Gasteiger partial charge in [-0.25, -0.2) is 4.79 Å². The molecule has 1 aromatic heterocycles. The third-order valence-corrected chi connectivity index (χ3v) is 5.52. The van der Waals surface area contributed by atoms with Crippen molar-refractivity contribution in [1.29, 1.82) is 0 Å². The number of amides is 2. The van der Waals surface area contributed by atoms with Crippen LogP contribution in [-0.2, 0) is 0 Å². The molecule has 2 amide bonds. The van der Waals surface area contributed by atoms with Gasteiger partial charge in [-0.1, -0.05) is 71.7 Å². The Morgan fingerprint density at radius 3 is 2.17 bits per heavy atom. The van der Waals surface area contributed by atoms with Crippen LogP contribution in [0.15, 0.2) is 67.0 Å². The molecule has 148 valence electrons. The van der Waals surface area contributed by atoms with Gasteiger partial charge in [0.15, 0.2) is 0 Å². The average molecular weight is 427 g/mol. The van der Waals surface area contributed by atoms with E-state index in [0.29, 0.717) is 36.2 Å². The van der Waals surface area contributed by atoms with E-state index in [9.17, 15) is 4.79 Å². The lowest BCUT2D eigenvalue weighted by Crippen LogP contribution is -2.50.